The third-order valence-corrected chi connectivity index (χ3v) is 3.47. The van der Waals surface area contributed by atoms with Crippen molar-refractivity contribution in [2.24, 2.45) is 0 Å². The van der Waals surface area contributed by atoms with Gasteiger partial charge in [0.15, 0.2) is 0 Å². The maximum absolute atomic E-state index is 4.45. The molecule has 0 radical (unpaired) electrons. The number of anilines is 1. The molecule has 0 aliphatic heterocycles. The number of hydrogen-bond donors (Lipinski definition) is 1. The summed E-state index contributed by atoms with van der Waals surface area (Å²) >= 11 is 0. The fourth-order valence-electron chi connectivity index (χ4n) is 2.24. The Morgan fingerprint density at radius 1 is 1.16 bits per heavy atom. The van der Waals surface area contributed by atoms with Gasteiger partial charge in [-0.1, -0.05) is 32.0 Å². The van der Waals surface area contributed by atoms with Crippen LogP contribution < -0.4 is 5.32 Å². The second-order valence-corrected chi connectivity index (χ2v) is 4.72. The predicted molar refractivity (Wildman–Crippen MR) is 82.6 cm³/mol. The molecule has 3 nitrogen and oxygen atoms in total. The summed E-state index contributed by atoms with van der Waals surface area (Å²) in [6, 6.07) is 10.4. The van der Waals surface area contributed by atoms with Crippen molar-refractivity contribution in [1.82, 2.24) is 9.88 Å². The molecule has 2 aromatic rings. The second-order valence-electron chi connectivity index (χ2n) is 4.72. The summed E-state index contributed by atoms with van der Waals surface area (Å²) in [5.41, 5.74) is 2.16. The van der Waals surface area contributed by atoms with Gasteiger partial charge in [0.2, 0.25) is 0 Å². The Morgan fingerprint density at radius 2 is 1.95 bits per heavy atom. The van der Waals surface area contributed by atoms with Gasteiger partial charge < -0.3 is 10.2 Å². The zero-order chi connectivity index (χ0) is 13.5. The van der Waals surface area contributed by atoms with Crippen LogP contribution >= 0.6 is 0 Å². The number of fused-ring (bicyclic) bond motifs is 1. The monoisotopic (exact) mass is 257 g/mol. The summed E-state index contributed by atoms with van der Waals surface area (Å²) < 4.78 is 0. The van der Waals surface area contributed by atoms with Crippen LogP contribution in [0.4, 0.5) is 5.69 Å². The lowest BCUT2D eigenvalue weighted by Crippen LogP contribution is -2.25. The number of rotatable bonds is 7. The first kappa shape index (κ1) is 13.8. The van der Waals surface area contributed by atoms with Crippen LogP contribution in [0.25, 0.3) is 10.9 Å². The molecule has 0 amide bonds. The Hall–Kier alpha value is -1.61. The van der Waals surface area contributed by atoms with E-state index in [1.165, 1.54) is 5.39 Å². The normalized spacial score (nSPS) is 11.1. The zero-order valence-electron chi connectivity index (χ0n) is 11.9. The van der Waals surface area contributed by atoms with Crippen molar-refractivity contribution >= 4 is 16.6 Å². The van der Waals surface area contributed by atoms with Crippen LogP contribution in [0.2, 0.25) is 0 Å². The van der Waals surface area contributed by atoms with Crippen molar-refractivity contribution in [3.05, 3.63) is 36.5 Å². The fraction of sp³-hybridized carbons (Fsp3) is 0.438. The molecule has 0 saturated carbocycles. The molecular weight excluding hydrogens is 234 g/mol. The molecule has 0 aliphatic rings. The first-order valence-electron chi connectivity index (χ1n) is 7.14. The Balaban J connectivity index is 1.84. The van der Waals surface area contributed by atoms with E-state index in [4.69, 9.17) is 0 Å². The molecule has 0 saturated heterocycles. The van der Waals surface area contributed by atoms with Crippen LogP contribution in [0.1, 0.15) is 20.3 Å². The quantitative estimate of drug-likeness (QED) is 0.771. The molecule has 0 spiro atoms. The van der Waals surface area contributed by atoms with Crippen molar-refractivity contribution in [2.75, 3.05) is 31.5 Å². The van der Waals surface area contributed by atoms with E-state index in [1.54, 1.807) is 0 Å². The molecule has 1 heterocycles. The van der Waals surface area contributed by atoms with E-state index in [9.17, 15) is 0 Å². The number of nitrogens with one attached hydrogen (secondary N) is 1. The Morgan fingerprint density at radius 3 is 2.74 bits per heavy atom. The molecular formula is C16H23N3. The van der Waals surface area contributed by atoms with E-state index in [0.29, 0.717) is 0 Å². The topological polar surface area (TPSA) is 28.2 Å². The molecule has 0 fully saturated rings. The highest BCUT2D eigenvalue weighted by Crippen LogP contribution is 2.15. The summed E-state index contributed by atoms with van der Waals surface area (Å²) in [5.74, 6) is 0. The van der Waals surface area contributed by atoms with Crippen molar-refractivity contribution in [3.8, 4) is 0 Å². The number of pyridine rings is 1. The van der Waals surface area contributed by atoms with Gasteiger partial charge >= 0.3 is 0 Å². The Kier molecular flexibility index (Phi) is 5.16. The van der Waals surface area contributed by atoms with Crippen LogP contribution in [-0.4, -0.2) is 36.1 Å². The molecule has 0 aliphatic carbocycles. The minimum atomic E-state index is 0.997. The van der Waals surface area contributed by atoms with Gasteiger partial charge in [-0.3, -0.25) is 4.98 Å². The largest absolute Gasteiger partial charge is 0.384 e. The smallest absolute Gasteiger partial charge is 0.0703 e. The van der Waals surface area contributed by atoms with Crippen molar-refractivity contribution < 1.29 is 0 Å². The lowest BCUT2D eigenvalue weighted by molar-refractivity contribution is 0.303. The molecule has 1 aromatic carbocycles. The highest BCUT2D eigenvalue weighted by Gasteiger charge is 1.99. The van der Waals surface area contributed by atoms with E-state index in [1.807, 2.05) is 24.4 Å². The summed E-state index contributed by atoms with van der Waals surface area (Å²) in [6.45, 7) is 8.84. The van der Waals surface area contributed by atoms with Gasteiger partial charge in [-0.05, 0) is 38.2 Å². The number of aromatic nitrogens is 1. The molecule has 2 rings (SSSR count). The van der Waals surface area contributed by atoms with Gasteiger partial charge in [-0.15, -0.1) is 0 Å². The highest BCUT2D eigenvalue weighted by atomic mass is 15.1. The fourth-order valence-corrected chi connectivity index (χ4v) is 2.24. The number of benzene rings is 1. The lowest BCUT2D eigenvalue weighted by Gasteiger charge is -2.17. The van der Waals surface area contributed by atoms with E-state index >= 15 is 0 Å². The van der Waals surface area contributed by atoms with Gasteiger partial charge in [0, 0.05) is 11.9 Å². The van der Waals surface area contributed by atoms with Gasteiger partial charge in [0.1, 0.15) is 0 Å². The van der Waals surface area contributed by atoms with Gasteiger partial charge in [0.25, 0.3) is 0 Å². The maximum atomic E-state index is 4.45. The van der Waals surface area contributed by atoms with Gasteiger partial charge in [-0.2, -0.15) is 0 Å². The third-order valence-electron chi connectivity index (χ3n) is 3.47. The molecule has 0 unspecified atom stereocenters. The highest BCUT2D eigenvalue weighted by molar-refractivity contribution is 5.81. The summed E-state index contributed by atoms with van der Waals surface area (Å²) in [7, 11) is 0. The first-order valence-corrected chi connectivity index (χ1v) is 7.14. The number of para-hydroxylation sites is 1. The predicted octanol–water partition coefficient (Wildman–Crippen LogP) is 3.38. The molecule has 0 atom stereocenters. The van der Waals surface area contributed by atoms with Crippen LogP contribution in [0, 0.1) is 0 Å². The SMILES string of the molecule is CCN(CC)CCCNc1cnc2ccccc2c1. The third kappa shape index (κ3) is 3.93. The van der Waals surface area contributed by atoms with Crippen LogP contribution in [0.15, 0.2) is 36.5 Å². The van der Waals surface area contributed by atoms with E-state index < -0.39 is 0 Å². The standard InChI is InChI=1S/C16H23N3/c1-3-19(4-2)11-7-10-17-15-12-14-8-5-6-9-16(14)18-13-15/h5-6,8-9,12-13,17H,3-4,7,10-11H2,1-2H3. The van der Waals surface area contributed by atoms with Crippen LogP contribution in [0.5, 0.6) is 0 Å². The summed E-state index contributed by atoms with van der Waals surface area (Å²) in [4.78, 5) is 6.90. The molecule has 19 heavy (non-hydrogen) atoms. The van der Waals surface area contributed by atoms with E-state index in [-0.39, 0.29) is 0 Å². The van der Waals surface area contributed by atoms with Crippen molar-refractivity contribution in [2.45, 2.75) is 20.3 Å². The number of hydrogen-bond acceptors (Lipinski definition) is 3. The maximum Gasteiger partial charge on any atom is 0.0703 e. The Bertz CT molecular complexity index is 506. The first-order chi connectivity index (χ1) is 9.33. The molecule has 3 heteroatoms. The summed E-state index contributed by atoms with van der Waals surface area (Å²) in [5, 5.41) is 4.64. The molecule has 1 N–H and O–H groups in total. The van der Waals surface area contributed by atoms with Crippen molar-refractivity contribution in [3.63, 3.8) is 0 Å². The average Bonchev–Trinajstić information content (AvgIpc) is 2.47. The average molecular weight is 257 g/mol. The second kappa shape index (κ2) is 7.10. The van der Waals surface area contributed by atoms with Crippen LogP contribution in [0.3, 0.4) is 0 Å². The summed E-state index contributed by atoms with van der Waals surface area (Å²) in [6.07, 6.45) is 3.08. The van der Waals surface area contributed by atoms with E-state index in [2.05, 4.69) is 41.2 Å². The van der Waals surface area contributed by atoms with Crippen LogP contribution in [-0.2, 0) is 0 Å². The van der Waals surface area contributed by atoms with Gasteiger partial charge in [0.05, 0.1) is 17.4 Å². The molecule has 1 aromatic heterocycles. The minimum absolute atomic E-state index is 0.997. The minimum Gasteiger partial charge on any atom is -0.384 e. The van der Waals surface area contributed by atoms with Gasteiger partial charge in [-0.25, -0.2) is 0 Å². The molecule has 0 bridgehead atoms. The zero-order valence-corrected chi connectivity index (χ0v) is 11.9. The van der Waals surface area contributed by atoms with Crippen molar-refractivity contribution in [1.29, 1.82) is 0 Å². The van der Waals surface area contributed by atoms with E-state index in [0.717, 1.165) is 43.8 Å². The number of nitrogens with zero attached hydrogens (tertiary/aromatic N) is 2. The molecule has 102 valence electrons. The Labute approximate surface area is 115 Å². The lowest BCUT2D eigenvalue weighted by atomic mass is 10.2.